The maximum atomic E-state index is 11.1. The van der Waals surface area contributed by atoms with Crippen LogP contribution >= 0.6 is 0 Å². The van der Waals surface area contributed by atoms with Crippen LogP contribution in [-0.2, 0) is 9.53 Å². The second-order valence-corrected chi connectivity index (χ2v) is 6.59. The van der Waals surface area contributed by atoms with Gasteiger partial charge >= 0.3 is 5.97 Å². The van der Waals surface area contributed by atoms with Crippen LogP contribution in [0.25, 0.3) is 0 Å². The van der Waals surface area contributed by atoms with E-state index < -0.39 is 5.97 Å². The Hall–Kier alpha value is -1.71. The van der Waals surface area contributed by atoms with Crippen molar-refractivity contribution in [1.82, 2.24) is 4.90 Å². The predicted octanol–water partition coefficient (Wildman–Crippen LogP) is 3.53. The molecule has 21 heavy (non-hydrogen) atoms. The van der Waals surface area contributed by atoms with Gasteiger partial charge in [0, 0.05) is 18.8 Å². The van der Waals surface area contributed by atoms with E-state index >= 15 is 0 Å². The SMILES string of the molecule is O=C(O)CC1CC23CCCCC2=CN2C=CCCC2=C3O1. The van der Waals surface area contributed by atoms with Crippen molar-refractivity contribution in [3.05, 3.63) is 35.5 Å². The van der Waals surface area contributed by atoms with Gasteiger partial charge in [0.1, 0.15) is 11.9 Å². The summed E-state index contributed by atoms with van der Waals surface area (Å²) in [6.45, 7) is 0. The number of hydrogen-bond donors (Lipinski definition) is 1. The Kier molecular flexibility index (Phi) is 2.88. The van der Waals surface area contributed by atoms with Gasteiger partial charge in [0.05, 0.1) is 17.5 Å². The summed E-state index contributed by atoms with van der Waals surface area (Å²) in [6, 6.07) is 0. The second kappa shape index (κ2) is 4.65. The molecule has 0 bridgehead atoms. The molecule has 1 spiro atoms. The van der Waals surface area contributed by atoms with Gasteiger partial charge in [0.2, 0.25) is 0 Å². The lowest BCUT2D eigenvalue weighted by Gasteiger charge is -2.43. The molecule has 4 aliphatic rings. The molecule has 4 nitrogen and oxygen atoms in total. The van der Waals surface area contributed by atoms with Gasteiger partial charge in [-0.3, -0.25) is 4.79 Å². The molecule has 1 aliphatic carbocycles. The molecule has 3 heterocycles. The number of aliphatic carboxylic acids is 1. The van der Waals surface area contributed by atoms with Gasteiger partial charge in [-0.05, 0) is 37.7 Å². The van der Waals surface area contributed by atoms with Crippen LogP contribution in [0.15, 0.2) is 35.5 Å². The largest absolute Gasteiger partial charge is 0.491 e. The van der Waals surface area contributed by atoms with Crippen LogP contribution in [0.3, 0.4) is 0 Å². The molecule has 0 aromatic rings. The highest BCUT2D eigenvalue weighted by Gasteiger charge is 2.52. The molecule has 2 atom stereocenters. The Morgan fingerprint density at radius 1 is 1.43 bits per heavy atom. The van der Waals surface area contributed by atoms with Crippen molar-refractivity contribution in [2.24, 2.45) is 5.41 Å². The van der Waals surface area contributed by atoms with Gasteiger partial charge < -0.3 is 14.7 Å². The molecule has 0 aromatic heterocycles. The predicted molar refractivity (Wildman–Crippen MR) is 78.0 cm³/mol. The van der Waals surface area contributed by atoms with Crippen LogP contribution in [0.2, 0.25) is 0 Å². The van der Waals surface area contributed by atoms with Gasteiger partial charge in [-0.25, -0.2) is 0 Å². The number of carboxylic acid groups (broad SMARTS) is 1. The Morgan fingerprint density at radius 3 is 3.19 bits per heavy atom. The fraction of sp³-hybridized carbons (Fsp3) is 0.588. The number of carbonyl (C=O) groups is 1. The summed E-state index contributed by atoms with van der Waals surface area (Å²) < 4.78 is 6.19. The van der Waals surface area contributed by atoms with E-state index in [1.165, 1.54) is 24.1 Å². The minimum Gasteiger partial charge on any atom is -0.491 e. The summed E-state index contributed by atoms with van der Waals surface area (Å²) in [6.07, 6.45) is 14.1. The molecule has 112 valence electrons. The lowest BCUT2D eigenvalue weighted by atomic mass is 9.65. The third-order valence-electron chi connectivity index (χ3n) is 5.29. The molecular formula is C17H21NO3. The molecule has 4 heteroatoms. The van der Waals surface area contributed by atoms with E-state index in [1.807, 2.05) is 0 Å². The van der Waals surface area contributed by atoms with Crippen molar-refractivity contribution in [1.29, 1.82) is 0 Å². The third-order valence-corrected chi connectivity index (χ3v) is 5.29. The molecular weight excluding hydrogens is 266 g/mol. The van der Waals surface area contributed by atoms with Crippen LogP contribution in [-0.4, -0.2) is 22.1 Å². The van der Waals surface area contributed by atoms with Gasteiger partial charge in [-0.1, -0.05) is 12.5 Å². The van der Waals surface area contributed by atoms with Crippen molar-refractivity contribution in [3.63, 3.8) is 0 Å². The fourth-order valence-electron chi connectivity index (χ4n) is 4.42. The lowest BCUT2D eigenvalue weighted by molar-refractivity contribution is -0.139. The van der Waals surface area contributed by atoms with E-state index in [2.05, 4.69) is 23.4 Å². The van der Waals surface area contributed by atoms with Crippen molar-refractivity contribution in [2.45, 2.75) is 57.5 Å². The summed E-state index contributed by atoms with van der Waals surface area (Å²) >= 11 is 0. The standard InChI is InChI=1S/C17H21NO3/c19-15(20)9-13-10-17-7-3-1-5-12(17)11-18-8-4-2-6-14(18)16(17)21-13/h4,8,11,13H,1-3,5-7,9-10H2,(H,19,20). The molecule has 4 rings (SSSR count). The quantitative estimate of drug-likeness (QED) is 0.844. The average Bonchev–Trinajstić information content (AvgIpc) is 2.82. The minimum atomic E-state index is -0.762. The lowest BCUT2D eigenvalue weighted by Crippen LogP contribution is -2.34. The Morgan fingerprint density at radius 2 is 2.33 bits per heavy atom. The second-order valence-electron chi connectivity index (χ2n) is 6.59. The third kappa shape index (κ3) is 1.92. The van der Waals surface area contributed by atoms with E-state index in [4.69, 9.17) is 9.84 Å². The van der Waals surface area contributed by atoms with Crippen LogP contribution in [0.4, 0.5) is 0 Å². The Bertz CT molecular complexity index is 575. The zero-order valence-electron chi connectivity index (χ0n) is 12.2. The van der Waals surface area contributed by atoms with E-state index in [0.717, 1.165) is 37.9 Å². The summed E-state index contributed by atoms with van der Waals surface area (Å²) in [5.74, 6) is 0.331. The number of rotatable bonds is 2. The molecule has 2 unspecified atom stereocenters. The van der Waals surface area contributed by atoms with Crippen LogP contribution < -0.4 is 0 Å². The molecule has 1 N–H and O–H groups in total. The van der Waals surface area contributed by atoms with E-state index in [-0.39, 0.29) is 17.9 Å². The van der Waals surface area contributed by atoms with Crippen molar-refractivity contribution in [3.8, 4) is 0 Å². The maximum Gasteiger partial charge on any atom is 0.307 e. The van der Waals surface area contributed by atoms with E-state index in [1.54, 1.807) is 0 Å². The first-order valence-corrected chi connectivity index (χ1v) is 7.97. The van der Waals surface area contributed by atoms with Crippen LogP contribution in [0.5, 0.6) is 0 Å². The Balaban J connectivity index is 1.77. The highest BCUT2D eigenvalue weighted by atomic mass is 16.5. The molecule has 2 fully saturated rings. The number of nitrogens with zero attached hydrogens (tertiary/aromatic N) is 1. The number of allylic oxidation sites excluding steroid dienone is 3. The summed E-state index contributed by atoms with van der Waals surface area (Å²) in [5.41, 5.74) is 2.72. The monoisotopic (exact) mass is 287 g/mol. The van der Waals surface area contributed by atoms with Gasteiger partial charge in [0.15, 0.2) is 0 Å². The molecule has 3 aliphatic heterocycles. The fourth-order valence-corrected chi connectivity index (χ4v) is 4.42. The molecule has 1 saturated carbocycles. The molecule has 0 aromatic carbocycles. The van der Waals surface area contributed by atoms with E-state index in [0.29, 0.717) is 0 Å². The maximum absolute atomic E-state index is 11.1. The summed E-state index contributed by atoms with van der Waals surface area (Å²) in [4.78, 5) is 13.3. The normalized spacial score (nSPS) is 33.8. The number of hydrogen-bond acceptors (Lipinski definition) is 3. The first-order chi connectivity index (χ1) is 10.2. The highest BCUT2D eigenvalue weighted by Crippen LogP contribution is 2.59. The smallest absolute Gasteiger partial charge is 0.307 e. The zero-order chi connectivity index (χ0) is 14.4. The van der Waals surface area contributed by atoms with Crippen molar-refractivity contribution in [2.75, 3.05) is 0 Å². The first kappa shape index (κ1) is 13.0. The van der Waals surface area contributed by atoms with Crippen molar-refractivity contribution >= 4 is 5.97 Å². The Labute approximate surface area is 124 Å². The number of ether oxygens (including phenoxy) is 1. The summed E-state index contributed by atoms with van der Waals surface area (Å²) in [7, 11) is 0. The highest BCUT2D eigenvalue weighted by molar-refractivity contribution is 5.67. The van der Waals surface area contributed by atoms with Gasteiger partial charge in [-0.2, -0.15) is 0 Å². The first-order valence-electron chi connectivity index (χ1n) is 7.97. The number of fused-ring (bicyclic) bond motifs is 1. The zero-order valence-corrected chi connectivity index (χ0v) is 12.2. The number of carboxylic acids is 1. The summed E-state index contributed by atoms with van der Waals surface area (Å²) in [5, 5.41) is 9.10. The average molecular weight is 287 g/mol. The van der Waals surface area contributed by atoms with Gasteiger partial charge in [0.25, 0.3) is 0 Å². The molecule has 0 amide bonds. The minimum absolute atomic E-state index is 0.00931. The molecule has 0 radical (unpaired) electrons. The van der Waals surface area contributed by atoms with Crippen molar-refractivity contribution < 1.29 is 14.6 Å². The van der Waals surface area contributed by atoms with Gasteiger partial charge in [-0.15, -0.1) is 0 Å². The topological polar surface area (TPSA) is 49.8 Å². The van der Waals surface area contributed by atoms with Crippen LogP contribution in [0, 0.1) is 5.41 Å². The van der Waals surface area contributed by atoms with Crippen LogP contribution in [0.1, 0.15) is 51.4 Å². The molecule has 1 saturated heterocycles. The van der Waals surface area contributed by atoms with E-state index in [9.17, 15) is 4.79 Å².